The van der Waals surface area contributed by atoms with Gasteiger partial charge >= 0.3 is 18.2 Å². The maximum absolute atomic E-state index is 14.4. The number of unbranched alkanes of at least 4 members (excludes halogenated alkanes) is 4. The molecule has 548 valence electrons. The van der Waals surface area contributed by atoms with E-state index in [0.717, 1.165) is 40.4 Å². The minimum Gasteiger partial charge on any atom is -0.493 e. The molecule has 3 saturated heterocycles. The number of methoxy groups -OCH3 is 1. The first-order valence-electron chi connectivity index (χ1n) is 35.0. The topological polar surface area (TPSA) is 344 Å². The highest BCUT2D eigenvalue weighted by atomic mass is 33.1. The zero-order valence-electron chi connectivity index (χ0n) is 58.3. The van der Waals surface area contributed by atoms with Gasteiger partial charge in [-0.3, -0.25) is 38.5 Å². The summed E-state index contributed by atoms with van der Waals surface area (Å²) in [7, 11) is 4.86. The number of anilines is 2. The first kappa shape index (κ1) is 77.0. The number of likely N-dealkylation sites (tertiary alicyclic amines) is 1. The van der Waals surface area contributed by atoms with Crippen LogP contribution < -0.4 is 40.4 Å². The van der Waals surface area contributed by atoms with Crippen molar-refractivity contribution < 1.29 is 86.9 Å². The molecule has 0 aromatic heterocycles. The molecular formula is C73H96N8O18S2. The molecule has 1 aliphatic carbocycles. The van der Waals surface area contributed by atoms with Crippen LogP contribution in [0.15, 0.2) is 72.8 Å². The van der Waals surface area contributed by atoms with E-state index in [4.69, 9.17) is 29.4 Å². The maximum atomic E-state index is 14.4. The number of carbonyl (C=O) groups is 10. The van der Waals surface area contributed by atoms with Crippen molar-refractivity contribution >= 4 is 92.3 Å². The molecule has 7 N–H and O–H groups in total. The van der Waals surface area contributed by atoms with Gasteiger partial charge in [0.2, 0.25) is 17.7 Å². The number of Topliss-reactive ketones (excluding diaryl/α,β-unsaturated/α-hetero) is 2. The van der Waals surface area contributed by atoms with E-state index in [0.29, 0.717) is 74.6 Å². The molecule has 26 nitrogen and oxygen atoms in total. The Morgan fingerprint density at radius 3 is 1.91 bits per heavy atom. The lowest BCUT2D eigenvalue weighted by Crippen LogP contribution is -2.51. The third kappa shape index (κ3) is 18.7. The summed E-state index contributed by atoms with van der Waals surface area (Å²) in [5.74, 6) is -2.00. The number of ketones is 2. The summed E-state index contributed by atoms with van der Waals surface area (Å²) in [6.07, 6.45) is 2.38. The van der Waals surface area contributed by atoms with E-state index in [1.165, 1.54) is 46.1 Å². The molecule has 3 unspecified atom stereocenters. The number of amides is 9. The van der Waals surface area contributed by atoms with E-state index in [-0.39, 0.29) is 170 Å². The number of rotatable bonds is 35. The van der Waals surface area contributed by atoms with Crippen molar-refractivity contribution in [3.63, 3.8) is 0 Å². The van der Waals surface area contributed by atoms with Crippen LogP contribution in [0, 0.1) is 17.8 Å². The van der Waals surface area contributed by atoms with Gasteiger partial charge in [0.25, 0.3) is 11.8 Å². The summed E-state index contributed by atoms with van der Waals surface area (Å²) in [6.45, 7) is 15.9. The summed E-state index contributed by atoms with van der Waals surface area (Å²) in [5, 5.41) is 40.0. The number of hydrogen-bond donors (Lipinski definition) is 6. The third-order valence-corrected chi connectivity index (χ3v) is 22.9. The predicted molar refractivity (Wildman–Crippen MR) is 379 cm³/mol. The molecule has 101 heavy (non-hydrogen) atoms. The van der Waals surface area contributed by atoms with Gasteiger partial charge in [-0.15, -0.1) is 0 Å². The highest BCUT2D eigenvalue weighted by Crippen LogP contribution is 2.50. The van der Waals surface area contributed by atoms with Crippen molar-refractivity contribution in [1.29, 1.82) is 0 Å². The Hall–Kier alpha value is -8.18. The molecular weight excluding hydrogens is 1340 g/mol. The molecule has 7 atom stereocenters. The van der Waals surface area contributed by atoms with Gasteiger partial charge in [-0.2, -0.15) is 0 Å². The minimum absolute atomic E-state index is 0.0106. The largest absolute Gasteiger partial charge is 0.493 e. The van der Waals surface area contributed by atoms with Gasteiger partial charge in [0.05, 0.1) is 72.3 Å². The number of primary amides is 1. The Morgan fingerprint density at radius 2 is 1.35 bits per heavy atom. The molecule has 9 amide bonds. The molecule has 1 saturated carbocycles. The van der Waals surface area contributed by atoms with Crippen LogP contribution in [-0.2, 0) is 53.1 Å². The second-order valence-corrected chi connectivity index (χ2v) is 30.4. The Bertz CT molecular complexity index is 3600. The zero-order valence-corrected chi connectivity index (χ0v) is 60.0. The number of urea groups is 1. The lowest BCUT2D eigenvalue weighted by atomic mass is 9.85. The Kier molecular flexibility index (Phi) is 26.8. The summed E-state index contributed by atoms with van der Waals surface area (Å²) in [5.41, 5.74) is 8.27. The van der Waals surface area contributed by atoms with Crippen LogP contribution in [0.5, 0.6) is 17.2 Å². The van der Waals surface area contributed by atoms with Crippen molar-refractivity contribution in [2.45, 2.75) is 185 Å². The lowest BCUT2D eigenvalue weighted by Gasteiger charge is -2.40. The van der Waals surface area contributed by atoms with Crippen LogP contribution in [0.2, 0.25) is 0 Å². The summed E-state index contributed by atoms with van der Waals surface area (Å²) in [6, 6.07) is 9.19. The van der Waals surface area contributed by atoms with E-state index in [2.05, 4.69) is 30.7 Å². The number of benzene rings is 3. The predicted octanol–water partition coefficient (Wildman–Crippen LogP) is 8.66. The molecule has 6 aliphatic rings. The molecule has 5 aliphatic heterocycles. The Balaban J connectivity index is 0.810. The number of nitrogens with zero attached hydrogens (tertiary/aromatic N) is 5. The van der Waals surface area contributed by atoms with Crippen molar-refractivity contribution in [3.05, 3.63) is 101 Å². The fraction of sp³-hybridized carbons (Fsp3) is 0.562. The number of fused-ring (bicyclic) bond motifs is 4. The van der Waals surface area contributed by atoms with Gasteiger partial charge in [0.1, 0.15) is 24.7 Å². The van der Waals surface area contributed by atoms with E-state index in [1.54, 1.807) is 52.8 Å². The number of carbonyl (C=O) groups excluding carboxylic acids is 10. The van der Waals surface area contributed by atoms with E-state index < -0.39 is 79.0 Å². The lowest BCUT2D eigenvalue weighted by molar-refractivity contribution is -0.139. The first-order chi connectivity index (χ1) is 48.3. The number of aliphatic hydroxyl groups excluding tert-OH is 3. The number of nitrogens with two attached hydrogens (primary N) is 1. The molecule has 3 aromatic carbocycles. The molecule has 9 rings (SSSR count). The van der Waals surface area contributed by atoms with Gasteiger partial charge in [-0.25, -0.2) is 24.2 Å². The van der Waals surface area contributed by atoms with E-state index >= 15 is 0 Å². The summed E-state index contributed by atoms with van der Waals surface area (Å²) < 4.78 is 29.9. The van der Waals surface area contributed by atoms with Gasteiger partial charge < -0.3 is 65.2 Å². The molecule has 0 bridgehead atoms. The quantitative estimate of drug-likeness (QED) is 0.0139. The average molecular weight is 1440 g/mol. The van der Waals surface area contributed by atoms with E-state index in [9.17, 15) is 63.3 Å². The zero-order chi connectivity index (χ0) is 72.8. The summed E-state index contributed by atoms with van der Waals surface area (Å²) in [4.78, 5) is 141. The second kappa shape index (κ2) is 35.1. The van der Waals surface area contributed by atoms with Crippen LogP contribution >= 0.6 is 21.6 Å². The second-order valence-electron chi connectivity index (χ2n) is 27.4. The van der Waals surface area contributed by atoms with Crippen molar-refractivity contribution in [3.8, 4) is 17.2 Å². The van der Waals surface area contributed by atoms with Crippen molar-refractivity contribution in [1.82, 2.24) is 25.3 Å². The van der Waals surface area contributed by atoms with Crippen LogP contribution in [0.4, 0.5) is 25.8 Å². The number of hydrogen-bond acceptors (Lipinski definition) is 20. The number of nitrogens with one attached hydrogen (secondary N) is 2. The van der Waals surface area contributed by atoms with Crippen LogP contribution in [0.25, 0.3) is 0 Å². The van der Waals surface area contributed by atoms with Gasteiger partial charge in [0.15, 0.2) is 29.7 Å². The smallest absolute Gasteiger partial charge is 0.416 e. The third-order valence-electron chi connectivity index (χ3n) is 19.5. The normalized spacial score (nSPS) is 20.5. The Morgan fingerprint density at radius 1 is 0.752 bits per heavy atom. The first-order valence-corrected chi connectivity index (χ1v) is 37.3. The number of imide groups is 1. The fourth-order valence-corrected chi connectivity index (χ4v) is 16.3. The maximum Gasteiger partial charge on any atom is 0.416 e. The Labute approximate surface area is 597 Å². The number of ether oxygens (including phenoxy) is 5. The van der Waals surface area contributed by atoms with Crippen LogP contribution in [0.3, 0.4) is 0 Å². The van der Waals surface area contributed by atoms with Crippen LogP contribution in [-0.4, -0.2) is 184 Å². The molecule has 5 heterocycles. The SMILES string of the molecule is C=C1C[C@H]2C(O)N(C(=O)OCc3ccc(CC(=O)[C@H](CCCNC(N)=O)NC(=O)[C@@H](CC(=O)CCCCCN4C(=O)CC(C)C4=O)C(C)C)cc3)c3cc(OCCCCCOc4cc5c(cc4OC)C(=O)N4CC(=C)C[C@H]4C(O)N5C(=O)OCC4(SSCC)CCC4)c(CO)cc3C(=O)N2C1. The van der Waals surface area contributed by atoms with Crippen molar-refractivity contribution in [2.24, 2.45) is 23.5 Å². The fourth-order valence-electron chi connectivity index (χ4n) is 13.7. The molecule has 28 heteroatoms. The standard InChI is InChI=1S/C73H96N8O18S2/c1-8-100-101-73(23-16-24-73)42-99-72(94)81-56-37-62(61(95-7)35-53(56)67(89)79-39-45(5)30-58(79)69(81)91)97-28-14-10-13-27-96-60-36-55-52(33-49(60)40-82)66(88)78-38-44(4)29-57(78)68(90)80(55)71(93)98-41-48-21-19-47(20-22-48)32-59(84)54(18-15-25-75-70(74)92)76-64(86)51(43(2)3)34-50(83)17-11-9-12-26-77-63(85)31-46(6)65(77)87/h19-22,33,35-37,43,46,51,54,57-58,68-69,82,90-91H,4-5,8-18,23-32,34,38-42H2,1-3,6-7H3,(H,76,86)(H3,74,75,92)/t46?,51-,54-,57-,58-,68?,69?/m0/s1. The van der Waals surface area contributed by atoms with Crippen LogP contribution in [0.1, 0.15) is 168 Å². The molecule has 3 aromatic rings. The van der Waals surface area contributed by atoms with Gasteiger partial charge in [0, 0.05) is 87.1 Å². The highest BCUT2D eigenvalue weighted by molar-refractivity contribution is 8.77. The van der Waals surface area contributed by atoms with Crippen molar-refractivity contribution in [2.75, 3.05) is 68.7 Å². The van der Waals surface area contributed by atoms with Gasteiger partial charge in [-0.1, -0.05) is 111 Å². The molecule has 0 radical (unpaired) electrons. The number of aliphatic hydroxyl groups is 3. The summed E-state index contributed by atoms with van der Waals surface area (Å²) >= 11 is 0. The monoisotopic (exact) mass is 1440 g/mol. The van der Waals surface area contributed by atoms with Gasteiger partial charge in [-0.05, 0) is 99.8 Å². The highest BCUT2D eigenvalue weighted by Gasteiger charge is 2.49. The average Bonchev–Trinajstić information content (AvgIpc) is 1.62. The van der Waals surface area contributed by atoms with E-state index in [1.807, 2.05) is 13.8 Å². The minimum atomic E-state index is -1.60. The molecule has 4 fully saturated rings. The molecule has 0 spiro atoms.